The van der Waals surface area contributed by atoms with Crippen molar-refractivity contribution in [2.75, 3.05) is 27.3 Å². The van der Waals surface area contributed by atoms with Crippen molar-refractivity contribution in [3.63, 3.8) is 0 Å². The number of nitrogens with one attached hydrogen (secondary N) is 5. The van der Waals surface area contributed by atoms with E-state index in [1.165, 1.54) is 27.8 Å². The molecule has 0 aromatic rings. The lowest BCUT2D eigenvalue weighted by molar-refractivity contribution is -0.133. The Morgan fingerprint density at radius 1 is 0.590 bits per heavy atom. The molecule has 5 amide bonds. The van der Waals surface area contributed by atoms with Gasteiger partial charge in [-0.05, 0) is 61.3 Å². The molecule has 3 atom stereocenters. The fraction of sp³-hybridized carbons (Fsp3) is 0.815. The maximum atomic E-state index is 12.4. The molecule has 0 fully saturated rings. The van der Waals surface area contributed by atoms with Crippen LogP contribution in [0.15, 0.2) is 0 Å². The largest absolute Gasteiger partial charge is 0.375 e. The van der Waals surface area contributed by atoms with Gasteiger partial charge in [0.1, 0.15) is 18.1 Å². The molecule has 12 nitrogen and oxygen atoms in total. The van der Waals surface area contributed by atoms with Crippen molar-refractivity contribution in [1.82, 2.24) is 26.6 Å². The molecule has 0 rings (SSSR count). The average molecular weight is 560 g/mol. The molecule has 5 N–H and O–H groups in total. The minimum atomic E-state index is -0.890. The number of rotatable bonds is 17. The third-order valence-corrected chi connectivity index (χ3v) is 5.77. The molecular weight excluding hydrogens is 506 g/mol. The Bertz CT molecular complexity index is 786. The molecule has 0 aromatic heterocycles. The van der Waals surface area contributed by atoms with Gasteiger partial charge >= 0.3 is 0 Å². The molecule has 0 spiro atoms. The Hall–Kier alpha value is -2.73. The zero-order chi connectivity index (χ0) is 30.8. The first-order valence-electron chi connectivity index (χ1n) is 13.6. The highest BCUT2D eigenvalue weighted by Gasteiger charge is 2.25. The average Bonchev–Trinajstić information content (AvgIpc) is 2.87. The van der Waals surface area contributed by atoms with Crippen LogP contribution < -0.4 is 26.6 Å². The van der Waals surface area contributed by atoms with Crippen LogP contribution >= 0.6 is 0 Å². The second-order valence-electron chi connectivity index (χ2n) is 10.3. The van der Waals surface area contributed by atoms with Crippen molar-refractivity contribution in [1.29, 1.82) is 0 Å². The van der Waals surface area contributed by atoms with Crippen molar-refractivity contribution < 1.29 is 33.4 Å². The van der Waals surface area contributed by atoms with Gasteiger partial charge in [-0.15, -0.1) is 0 Å². The summed E-state index contributed by atoms with van der Waals surface area (Å²) in [5.41, 5.74) is -0.978. The van der Waals surface area contributed by atoms with Crippen LogP contribution in [0, 0.1) is 0 Å². The number of ether oxygens (including phenoxy) is 2. The predicted molar refractivity (Wildman–Crippen MR) is 151 cm³/mol. The van der Waals surface area contributed by atoms with Gasteiger partial charge < -0.3 is 36.1 Å². The molecule has 39 heavy (non-hydrogen) atoms. The maximum absolute atomic E-state index is 12.4. The predicted octanol–water partition coefficient (Wildman–Crippen LogP) is 1.17. The van der Waals surface area contributed by atoms with Crippen LogP contribution in [0.3, 0.4) is 0 Å². The molecule has 0 radical (unpaired) electrons. The topological polar surface area (TPSA) is 164 Å². The summed E-state index contributed by atoms with van der Waals surface area (Å²) >= 11 is 0. The minimum Gasteiger partial charge on any atom is -0.375 e. The maximum Gasteiger partial charge on any atom is 0.242 e. The van der Waals surface area contributed by atoms with Crippen molar-refractivity contribution in [2.45, 2.75) is 117 Å². The molecule has 0 bridgehead atoms. The lowest BCUT2D eigenvalue weighted by Gasteiger charge is -2.29. The first-order chi connectivity index (χ1) is 18.0. The van der Waals surface area contributed by atoms with E-state index < -0.39 is 41.1 Å². The van der Waals surface area contributed by atoms with Crippen LogP contribution in [-0.4, -0.2) is 86.2 Å². The van der Waals surface area contributed by atoms with Gasteiger partial charge in [0, 0.05) is 20.5 Å². The van der Waals surface area contributed by atoms with E-state index in [2.05, 4.69) is 26.6 Å². The molecular formula is C27H53N5O7. The summed E-state index contributed by atoms with van der Waals surface area (Å²) in [6.07, 6.45) is 1.63. The Morgan fingerprint density at radius 2 is 1.03 bits per heavy atom. The van der Waals surface area contributed by atoms with Crippen LogP contribution in [0.1, 0.15) is 88.0 Å². The first kappa shape index (κ1) is 38.4. The Kier molecular flexibility index (Phi) is 19.1. The molecule has 12 heteroatoms. The summed E-state index contributed by atoms with van der Waals surface area (Å²) in [5.74, 6) is -1.79. The van der Waals surface area contributed by atoms with E-state index in [1.807, 2.05) is 41.5 Å². The molecule has 0 saturated heterocycles. The molecule has 0 heterocycles. The zero-order valence-electron chi connectivity index (χ0n) is 25.8. The minimum absolute atomic E-state index is 0.0297. The molecule has 2 unspecified atom stereocenters. The number of carbonyl (C=O) groups is 5. The Labute approximate surface area is 234 Å². The summed E-state index contributed by atoms with van der Waals surface area (Å²) in [6, 6.07) is -2.50. The van der Waals surface area contributed by atoms with E-state index >= 15 is 0 Å². The SMILES string of the molecule is CC.CNC(=O)CCC(C)(C)OCCC(C)(C)OCCC(=O)NC(C)C(=O)N[C@@H](C)C(=O)NC(C)C(=O)NC. The quantitative estimate of drug-likeness (QED) is 0.178. The fourth-order valence-electron chi connectivity index (χ4n) is 3.08. The molecule has 0 aliphatic heterocycles. The van der Waals surface area contributed by atoms with Gasteiger partial charge in [0.15, 0.2) is 0 Å². The number of amides is 5. The van der Waals surface area contributed by atoms with E-state index in [9.17, 15) is 24.0 Å². The van der Waals surface area contributed by atoms with Crippen molar-refractivity contribution >= 4 is 29.5 Å². The van der Waals surface area contributed by atoms with E-state index in [1.54, 1.807) is 7.05 Å². The lowest BCUT2D eigenvalue weighted by atomic mass is 10.0. The van der Waals surface area contributed by atoms with Crippen LogP contribution in [0.2, 0.25) is 0 Å². The fourth-order valence-corrected chi connectivity index (χ4v) is 3.08. The smallest absolute Gasteiger partial charge is 0.242 e. The van der Waals surface area contributed by atoms with Gasteiger partial charge in [0.05, 0.1) is 30.8 Å². The molecule has 0 aliphatic carbocycles. The molecule has 0 aliphatic rings. The lowest BCUT2D eigenvalue weighted by Crippen LogP contribution is -2.54. The van der Waals surface area contributed by atoms with E-state index in [4.69, 9.17) is 9.47 Å². The summed E-state index contributed by atoms with van der Waals surface area (Å²) in [4.78, 5) is 59.7. The normalized spacial score (nSPS) is 13.5. The highest BCUT2D eigenvalue weighted by molar-refractivity contribution is 5.93. The monoisotopic (exact) mass is 559 g/mol. The number of likely N-dealkylation sites (N-methyl/N-ethyl adjacent to an activating group) is 1. The van der Waals surface area contributed by atoms with E-state index in [0.29, 0.717) is 25.9 Å². The number of carbonyl (C=O) groups excluding carboxylic acids is 5. The third kappa shape index (κ3) is 18.2. The summed E-state index contributed by atoms with van der Waals surface area (Å²) in [6.45, 7) is 16.8. The second kappa shape index (κ2) is 19.3. The number of hydrogen-bond donors (Lipinski definition) is 5. The van der Waals surface area contributed by atoms with Crippen LogP contribution in [-0.2, 0) is 33.4 Å². The van der Waals surface area contributed by atoms with Gasteiger partial charge in [0.2, 0.25) is 29.5 Å². The van der Waals surface area contributed by atoms with Gasteiger partial charge in [-0.2, -0.15) is 0 Å². The van der Waals surface area contributed by atoms with Crippen LogP contribution in [0.5, 0.6) is 0 Å². The van der Waals surface area contributed by atoms with Gasteiger partial charge in [-0.3, -0.25) is 24.0 Å². The highest BCUT2D eigenvalue weighted by Crippen LogP contribution is 2.20. The van der Waals surface area contributed by atoms with Crippen LogP contribution in [0.4, 0.5) is 0 Å². The summed E-state index contributed by atoms with van der Waals surface area (Å²) < 4.78 is 11.8. The first-order valence-corrected chi connectivity index (χ1v) is 13.6. The van der Waals surface area contributed by atoms with Gasteiger partial charge in [0.25, 0.3) is 0 Å². The van der Waals surface area contributed by atoms with Crippen molar-refractivity contribution in [2.24, 2.45) is 0 Å². The summed E-state index contributed by atoms with van der Waals surface area (Å²) in [5, 5.41) is 12.6. The summed E-state index contributed by atoms with van der Waals surface area (Å²) in [7, 11) is 3.06. The van der Waals surface area contributed by atoms with Gasteiger partial charge in [-0.25, -0.2) is 0 Å². The Balaban J connectivity index is 0. The standard InChI is InChI=1S/C25H47N5O7.C2H6/c1-16(21(33)27-9)29-23(35)18(3)30-22(34)17(2)28-20(32)11-14-36-25(6,7)13-15-37-24(4,5)12-10-19(31)26-8;1-2/h16-18H,10-15H2,1-9H3,(H,26,31)(H,27,33)(H,28,32)(H,29,35)(H,30,34);1-2H3/t16?,17?,18-;/m0./s1. The van der Waals surface area contributed by atoms with Gasteiger partial charge in [-0.1, -0.05) is 13.8 Å². The zero-order valence-corrected chi connectivity index (χ0v) is 25.8. The molecule has 0 saturated carbocycles. The van der Waals surface area contributed by atoms with Crippen molar-refractivity contribution in [3.8, 4) is 0 Å². The Morgan fingerprint density at radius 3 is 1.51 bits per heavy atom. The third-order valence-electron chi connectivity index (χ3n) is 5.77. The van der Waals surface area contributed by atoms with Crippen molar-refractivity contribution in [3.05, 3.63) is 0 Å². The highest BCUT2D eigenvalue weighted by atomic mass is 16.5. The molecule has 228 valence electrons. The van der Waals surface area contributed by atoms with Crippen LogP contribution in [0.25, 0.3) is 0 Å². The van der Waals surface area contributed by atoms with E-state index in [0.717, 1.165) is 0 Å². The molecule has 0 aromatic carbocycles. The number of hydrogen-bond acceptors (Lipinski definition) is 7. The van der Waals surface area contributed by atoms with E-state index in [-0.39, 0.29) is 30.7 Å². The second-order valence-corrected chi connectivity index (χ2v) is 10.3.